The summed E-state index contributed by atoms with van der Waals surface area (Å²) in [6, 6.07) is 7.58. The molecule has 3 nitrogen and oxygen atoms in total. The monoisotopic (exact) mass is 273 g/mol. The fraction of sp³-hybridized carbons (Fsp3) is 0.500. The van der Waals surface area contributed by atoms with E-state index in [9.17, 15) is 8.42 Å². The van der Waals surface area contributed by atoms with Crippen LogP contribution in [-0.4, -0.2) is 26.0 Å². The van der Waals surface area contributed by atoms with Gasteiger partial charge in [0.15, 0.2) is 9.84 Å². The summed E-state index contributed by atoms with van der Waals surface area (Å²) >= 11 is 5.87. The first-order chi connectivity index (χ1) is 8.08. The number of rotatable bonds is 4. The zero-order chi connectivity index (χ0) is 12.3. The Hall–Kier alpha value is -0.580. The average Bonchev–Trinajstić information content (AvgIpc) is 2.58. The fourth-order valence-corrected chi connectivity index (χ4v) is 4.12. The van der Waals surface area contributed by atoms with E-state index in [1.807, 2.05) is 24.3 Å². The first-order valence-electron chi connectivity index (χ1n) is 5.75. The minimum Gasteiger partial charge on any atom is -0.311 e. The highest BCUT2D eigenvalue weighted by Crippen LogP contribution is 2.19. The maximum Gasteiger partial charge on any atom is 0.154 e. The van der Waals surface area contributed by atoms with Crippen LogP contribution < -0.4 is 5.32 Å². The van der Waals surface area contributed by atoms with Crippen molar-refractivity contribution in [3.8, 4) is 0 Å². The number of halogens is 1. The van der Waals surface area contributed by atoms with Crippen molar-refractivity contribution in [1.82, 2.24) is 5.32 Å². The Bertz CT molecular complexity index is 487. The third-order valence-corrected chi connectivity index (χ3v) is 5.56. The van der Waals surface area contributed by atoms with Crippen LogP contribution in [0.25, 0.3) is 0 Å². The van der Waals surface area contributed by atoms with Crippen LogP contribution in [0.4, 0.5) is 0 Å². The third kappa shape index (κ3) is 3.44. The first kappa shape index (κ1) is 12.9. The summed E-state index contributed by atoms with van der Waals surface area (Å²) in [5, 5.41) is 3.69. The minimum absolute atomic E-state index is 0.207. The molecule has 0 aliphatic carbocycles. The van der Waals surface area contributed by atoms with Gasteiger partial charge in [0.25, 0.3) is 0 Å². The molecular weight excluding hydrogens is 258 g/mol. The van der Waals surface area contributed by atoms with Crippen molar-refractivity contribution in [3.63, 3.8) is 0 Å². The summed E-state index contributed by atoms with van der Waals surface area (Å²) in [6.45, 7) is 1.20. The molecule has 0 bridgehead atoms. The van der Waals surface area contributed by atoms with Gasteiger partial charge in [0, 0.05) is 18.1 Å². The lowest BCUT2D eigenvalue weighted by Crippen LogP contribution is -2.30. The molecule has 0 saturated carbocycles. The van der Waals surface area contributed by atoms with Gasteiger partial charge in [0.05, 0.1) is 11.0 Å². The lowest BCUT2D eigenvalue weighted by molar-refractivity contribution is 0.574. The van der Waals surface area contributed by atoms with Gasteiger partial charge in [-0.15, -0.1) is 0 Å². The Morgan fingerprint density at radius 2 is 2.24 bits per heavy atom. The van der Waals surface area contributed by atoms with E-state index in [1.165, 1.54) is 0 Å². The van der Waals surface area contributed by atoms with E-state index in [1.54, 1.807) is 0 Å². The maximum absolute atomic E-state index is 11.6. The van der Waals surface area contributed by atoms with Crippen molar-refractivity contribution < 1.29 is 8.42 Å². The molecule has 0 amide bonds. The average molecular weight is 274 g/mol. The predicted octanol–water partition coefficient (Wildman–Crippen LogP) is 2.01. The summed E-state index contributed by atoms with van der Waals surface area (Å²) in [6.07, 6.45) is 1.58. The molecule has 0 aromatic heterocycles. The molecule has 1 fully saturated rings. The van der Waals surface area contributed by atoms with E-state index < -0.39 is 9.84 Å². The lowest BCUT2D eigenvalue weighted by Gasteiger charge is -2.10. The van der Waals surface area contributed by atoms with Crippen LogP contribution in [0.1, 0.15) is 18.4 Å². The number of hydrogen-bond donors (Lipinski definition) is 1. The van der Waals surface area contributed by atoms with E-state index in [0.717, 1.165) is 18.4 Å². The van der Waals surface area contributed by atoms with E-state index in [4.69, 9.17) is 11.6 Å². The Balaban J connectivity index is 1.84. The predicted molar refractivity (Wildman–Crippen MR) is 70.0 cm³/mol. The Kier molecular flexibility index (Phi) is 4.07. The minimum atomic E-state index is -2.84. The van der Waals surface area contributed by atoms with Crippen molar-refractivity contribution in [2.24, 2.45) is 0 Å². The van der Waals surface area contributed by atoms with Crippen molar-refractivity contribution in [2.75, 3.05) is 12.3 Å². The molecule has 94 valence electrons. The first-order valence-corrected chi connectivity index (χ1v) is 7.84. The molecule has 1 aromatic carbocycles. The number of nitrogens with one attached hydrogen (secondary N) is 1. The van der Waals surface area contributed by atoms with E-state index in [-0.39, 0.29) is 5.25 Å². The second-order valence-corrected chi connectivity index (χ2v) is 7.23. The molecule has 1 saturated heterocycles. The molecule has 1 unspecified atom stereocenters. The smallest absolute Gasteiger partial charge is 0.154 e. The number of benzene rings is 1. The molecule has 1 N–H and O–H groups in total. The van der Waals surface area contributed by atoms with Gasteiger partial charge >= 0.3 is 0 Å². The zero-order valence-corrected chi connectivity index (χ0v) is 11.1. The standard InChI is InChI=1S/C12H16ClNO2S/c13-11-4-1-3-10(7-11)8-14-9-12-5-2-6-17(12,15)16/h1,3-4,7,12,14H,2,5-6,8-9H2. The highest BCUT2D eigenvalue weighted by Gasteiger charge is 2.30. The quantitative estimate of drug-likeness (QED) is 0.913. The summed E-state index contributed by atoms with van der Waals surface area (Å²) in [5.74, 6) is 0.344. The zero-order valence-electron chi connectivity index (χ0n) is 9.52. The molecule has 1 aliphatic rings. The van der Waals surface area contributed by atoms with Crippen molar-refractivity contribution >= 4 is 21.4 Å². The van der Waals surface area contributed by atoms with Crippen molar-refractivity contribution in [1.29, 1.82) is 0 Å². The van der Waals surface area contributed by atoms with Crippen LogP contribution in [0, 0.1) is 0 Å². The van der Waals surface area contributed by atoms with Crippen LogP contribution in [-0.2, 0) is 16.4 Å². The van der Waals surface area contributed by atoms with Crippen LogP contribution in [0.15, 0.2) is 24.3 Å². The fourth-order valence-electron chi connectivity index (χ4n) is 2.11. The molecule has 1 aliphatic heterocycles. The Labute approximate surface area is 107 Å². The summed E-state index contributed by atoms with van der Waals surface area (Å²) in [5.41, 5.74) is 1.08. The molecule has 0 radical (unpaired) electrons. The molecule has 0 spiro atoms. The number of sulfone groups is 1. The molecule has 1 aromatic rings. The lowest BCUT2D eigenvalue weighted by atomic mass is 10.2. The third-order valence-electron chi connectivity index (χ3n) is 3.05. The van der Waals surface area contributed by atoms with Gasteiger partial charge in [-0.1, -0.05) is 23.7 Å². The van der Waals surface area contributed by atoms with Crippen LogP contribution in [0.3, 0.4) is 0 Å². The molecule has 1 atom stereocenters. The van der Waals surface area contributed by atoms with Gasteiger partial charge in [-0.2, -0.15) is 0 Å². The summed E-state index contributed by atoms with van der Waals surface area (Å²) in [7, 11) is -2.84. The largest absolute Gasteiger partial charge is 0.311 e. The normalized spacial score (nSPS) is 22.8. The molecular formula is C12H16ClNO2S. The van der Waals surface area contributed by atoms with Crippen LogP contribution >= 0.6 is 11.6 Å². The summed E-state index contributed by atoms with van der Waals surface area (Å²) < 4.78 is 23.2. The van der Waals surface area contributed by atoms with Gasteiger partial charge in [0.2, 0.25) is 0 Å². The SMILES string of the molecule is O=S1(=O)CCCC1CNCc1cccc(Cl)c1. The maximum atomic E-state index is 11.6. The van der Waals surface area contributed by atoms with Crippen LogP contribution in [0.5, 0.6) is 0 Å². The van der Waals surface area contributed by atoms with Gasteiger partial charge in [0.1, 0.15) is 0 Å². The Morgan fingerprint density at radius 1 is 1.41 bits per heavy atom. The second kappa shape index (κ2) is 5.38. The summed E-state index contributed by atoms with van der Waals surface area (Å²) in [4.78, 5) is 0. The highest BCUT2D eigenvalue weighted by atomic mass is 35.5. The second-order valence-electron chi connectivity index (χ2n) is 4.39. The van der Waals surface area contributed by atoms with E-state index in [0.29, 0.717) is 23.9 Å². The van der Waals surface area contributed by atoms with Gasteiger partial charge in [-0.3, -0.25) is 0 Å². The van der Waals surface area contributed by atoms with Gasteiger partial charge in [-0.05, 0) is 30.5 Å². The highest BCUT2D eigenvalue weighted by molar-refractivity contribution is 7.92. The number of hydrogen-bond acceptors (Lipinski definition) is 3. The van der Waals surface area contributed by atoms with Crippen molar-refractivity contribution in [3.05, 3.63) is 34.9 Å². The van der Waals surface area contributed by atoms with Crippen molar-refractivity contribution in [2.45, 2.75) is 24.6 Å². The molecule has 2 rings (SSSR count). The molecule has 17 heavy (non-hydrogen) atoms. The molecule has 1 heterocycles. The van der Waals surface area contributed by atoms with Gasteiger partial charge < -0.3 is 5.32 Å². The van der Waals surface area contributed by atoms with E-state index >= 15 is 0 Å². The van der Waals surface area contributed by atoms with Crippen LogP contribution in [0.2, 0.25) is 5.02 Å². The van der Waals surface area contributed by atoms with E-state index in [2.05, 4.69) is 5.32 Å². The molecule has 5 heteroatoms. The Morgan fingerprint density at radius 3 is 2.88 bits per heavy atom. The van der Waals surface area contributed by atoms with Gasteiger partial charge in [-0.25, -0.2) is 8.42 Å². The topological polar surface area (TPSA) is 46.2 Å².